The first-order chi connectivity index (χ1) is 16.1. The van der Waals surface area contributed by atoms with E-state index in [0.29, 0.717) is 26.2 Å². The summed E-state index contributed by atoms with van der Waals surface area (Å²) in [5.41, 5.74) is 4.26. The van der Waals surface area contributed by atoms with Gasteiger partial charge < -0.3 is 25.0 Å². The number of benzene rings is 1. The van der Waals surface area contributed by atoms with Crippen LogP contribution in [0.4, 0.5) is 10.6 Å². The number of ether oxygens (including phenoxy) is 1. The average Bonchev–Trinajstić information content (AvgIpc) is 3.43. The fraction of sp³-hybridized carbons (Fsp3) is 0.480. The number of aromatic nitrogens is 1. The maximum atomic E-state index is 13.2. The van der Waals surface area contributed by atoms with Crippen LogP contribution in [0.2, 0.25) is 0 Å². The third-order valence-corrected chi connectivity index (χ3v) is 6.79. The van der Waals surface area contributed by atoms with Crippen LogP contribution in [-0.4, -0.2) is 64.7 Å². The number of carbonyl (C=O) groups excluding carboxylic acids is 1. The van der Waals surface area contributed by atoms with Gasteiger partial charge in [0.2, 0.25) is 0 Å². The Morgan fingerprint density at radius 1 is 1.18 bits per heavy atom. The number of carboxylic acids is 1. The average molecular weight is 451 g/mol. The predicted octanol–water partition coefficient (Wildman–Crippen LogP) is 3.26. The van der Waals surface area contributed by atoms with Gasteiger partial charge in [-0.05, 0) is 54.5 Å². The number of anilines is 1. The monoisotopic (exact) mass is 450 g/mol. The van der Waals surface area contributed by atoms with Gasteiger partial charge in [0.1, 0.15) is 11.6 Å². The maximum Gasteiger partial charge on any atom is 0.320 e. The number of aliphatic carboxylic acids is 1. The van der Waals surface area contributed by atoms with Crippen molar-refractivity contribution in [2.24, 2.45) is 0 Å². The van der Waals surface area contributed by atoms with Crippen LogP contribution >= 0.6 is 0 Å². The summed E-state index contributed by atoms with van der Waals surface area (Å²) in [6.45, 7) is 3.38. The number of pyridine rings is 1. The van der Waals surface area contributed by atoms with Crippen molar-refractivity contribution >= 4 is 17.8 Å². The van der Waals surface area contributed by atoms with Crippen LogP contribution in [0.25, 0.3) is 0 Å². The lowest BCUT2D eigenvalue weighted by molar-refractivity contribution is -0.138. The summed E-state index contributed by atoms with van der Waals surface area (Å²) in [4.78, 5) is 33.0. The first-order valence-electron chi connectivity index (χ1n) is 11.8. The molecule has 1 aromatic carbocycles. The highest BCUT2D eigenvalue weighted by Gasteiger charge is 2.35. The molecule has 5 rings (SSSR count). The van der Waals surface area contributed by atoms with Crippen LogP contribution in [0, 0.1) is 0 Å². The van der Waals surface area contributed by atoms with Gasteiger partial charge in [-0.25, -0.2) is 9.78 Å². The number of hydrogen-bond donors (Lipinski definition) is 2. The number of nitrogens with one attached hydrogen (secondary N) is 1. The standard InChI is InChI=1S/C25H30N4O4/c30-23(31)16-21(19-6-5-17-9-14-33-22(17)15-19)29-13-12-28(25(29)32)11-2-4-20-8-7-18-3-1-10-26-24(18)27-20/h5-8,15,21H,1-4,9-14,16H2,(H,26,27)(H,30,31)/t21-/m0/s1. The Hall–Kier alpha value is -3.29. The van der Waals surface area contributed by atoms with Crippen molar-refractivity contribution in [2.75, 3.05) is 38.1 Å². The summed E-state index contributed by atoms with van der Waals surface area (Å²) in [6.07, 6.45) is 4.58. The minimum Gasteiger partial charge on any atom is -0.493 e. The van der Waals surface area contributed by atoms with Gasteiger partial charge in [-0.15, -0.1) is 0 Å². The Labute approximate surface area is 193 Å². The molecule has 174 valence electrons. The van der Waals surface area contributed by atoms with Crippen molar-refractivity contribution in [1.82, 2.24) is 14.8 Å². The lowest BCUT2D eigenvalue weighted by Gasteiger charge is -2.27. The van der Waals surface area contributed by atoms with Crippen LogP contribution in [0.5, 0.6) is 5.75 Å². The number of nitrogens with zero attached hydrogens (tertiary/aromatic N) is 3. The molecule has 1 aromatic heterocycles. The molecule has 1 fully saturated rings. The molecule has 0 saturated carbocycles. The molecule has 3 aliphatic heterocycles. The van der Waals surface area contributed by atoms with E-state index in [-0.39, 0.29) is 12.5 Å². The van der Waals surface area contributed by atoms with E-state index in [1.54, 1.807) is 4.90 Å². The lowest BCUT2D eigenvalue weighted by Crippen LogP contribution is -2.36. The van der Waals surface area contributed by atoms with E-state index in [4.69, 9.17) is 9.72 Å². The van der Waals surface area contributed by atoms with Gasteiger partial charge in [-0.1, -0.05) is 18.2 Å². The second-order valence-electron chi connectivity index (χ2n) is 8.99. The minimum atomic E-state index is -0.917. The fourth-order valence-electron chi connectivity index (χ4n) is 5.02. The lowest BCUT2D eigenvalue weighted by atomic mass is 10.00. The summed E-state index contributed by atoms with van der Waals surface area (Å²) in [5, 5.41) is 12.9. The van der Waals surface area contributed by atoms with Crippen LogP contribution in [0.15, 0.2) is 30.3 Å². The molecule has 0 unspecified atom stereocenters. The molecule has 0 bridgehead atoms. The number of amides is 2. The molecule has 2 aromatic rings. The van der Waals surface area contributed by atoms with Crippen LogP contribution in [0.1, 0.15) is 47.7 Å². The zero-order valence-electron chi connectivity index (χ0n) is 18.8. The maximum absolute atomic E-state index is 13.2. The van der Waals surface area contributed by atoms with Crippen molar-refractivity contribution in [3.63, 3.8) is 0 Å². The number of hydrogen-bond acceptors (Lipinski definition) is 5. The van der Waals surface area contributed by atoms with Crippen molar-refractivity contribution in [2.45, 2.75) is 44.6 Å². The molecular weight excluding hydrogens is 420 g/mol. The summed E-state index contributed by atoms with van der Waals surface area (Å²) in [6, 6.07) is 9.48. The van der Waals surface area contributed by atoms with Crippen molar-refractivity contribution in [3.8, 4) is 5.75 Å². The highest BCUT2D eigenvalue weighted by Crippen LogP contribution is 2.34. The van der Waals surface area contributed by atoms with Gasteiger partial charge in [0.05, 0.1) is 19.1 Å². The van der Waals surface area contributed by atoms with Gasteiger partial charge in [0.15, 0.2) is 0 Å². The smallest absolute Gasteiger partial charge is 0.320 e. The molecule has 1 saturated heterocycles. The van der Waals surface area contributed by atoms with Crippen LogP contribution in [-0.2, 0) is 24.1 Å². The molecule has 0 radical (unpaired) electrons. The first kappa shape index (κ1) is 21.6. The number of aryl methyl sites for hydroxylation is 2. The SMILES string of the molecule is O=C(O)C[C@@H](c1ccc2c(c1)OCC2)N1CCN(CCCc2ccc3c(n2)NCCC3)C1=O. The Balaban J connectivity index is 1.22. The zero-order chi connectivity index (χ0) is 22.8. The second kappa shape index (κ2) is 9.29. The molecule has 2 N–H and O–H groups in total. The molecule has 33 heavy (non-hydrogen) atoms. The summed E-state index contributed by atoms with van der Waals surface area (Å²) < 4.78 is 5.66. The molecule has 8 heteroatoms. The molecule has 1 atom stereocenters. The number of fused-ring (bicyclic) bond motifs is 2. The molecule has 0 spiro atoms. The van der Waals surface area contributed by atoms with E-state index in [0.717, 1.165) is 67.0 Å². The van der Waals surface area contributed by atoms with Gasteiger partial charge in [-0.3, -0.25) is 4.79 Å². The van der Waals surface area contributed by atoms with Crippen molar-refractivity contribution < 1.29 is 19.4 Å². The van der Waals surface area contributed by atoms with E-state index < -0.39 is 12.0 Å². The normalized spacial score (nSPS) is 17.9. The third kappa shape index (κ3) is 4.60. The van der Waals surface area contributed by atoms with E-state index in [2.05, 4.69) is 17.4 Å². The van der Waals surface area contributed by atoms with E-state index in [9.17, 15) is 14.7 Å². The quantitative estimate of drug-likeness (QED) is 0.641. The highest BCUT2D eigenvalue weighted by atomic mass is 16.5. The molecule has 3 aliphatic rings. The Morgan fingerprint density at radius 3 is 2.94 bits per heavy atom. The third-order valence-electron chi connectivity index (χ3n) is 6.79. The van der Waals surface area contributed by atoms with E-state index in [1.807, 2.05) is 23.1 Å². The summed E-state index contributed by atoms with van der Waals surface area (Å²) in [5.74, 6) is 0.884. The summed E-state index contributed by atoms with van der Waals surface area (Å²) in [7, 11) is 0. The number of carboxylic acid groups (broad SMARTS) is 1. The zero-order valence-corrected chi connectivity index (χ0v) is 18.8. The molecule has 8 nitrogen and oxygen atoms in total. The Morgan fingerprint density at radius 2 is 2.06 bits per heavy atom. The van der Waals surface area contributed by atoms with Crippen molar-refractivity contribution in [3.05, 3.63) is 52.7 Å². The van der Waals surface area contributed by atoms with Crippen molar-refractivity contribution in [1.29, 1.82) is 0 Å². The largest absolute Gasteiger partial charge is 0.493 e. The molecule has 4 heterocycles. The number of urea groups is 1. The summed E-state index contributed by atoms with van der Waals surface area (Å²) >= 11 is 0. The van der Waals surface area contributed by atoms with E-state index >= 15 is 0 Å². The topological polar surface area (TPSA) is 95.0 Å². The molecule has 2 amide bonds. The van der Waals surface area contributed by atoms with Gasteiger partial charge in [-0.2, -0.15) is 0 Å². The first-order valence-corrected chi connectivity index (χ1v) is 11.8. The number of carbonyl (C=O) groups is 2. The Kier molecular flexibility index (Phi) is 6.07. The van der Waals surface area contributed by atoms with Crippen LogP contribution < -0.4 is 10.1 Å². The second-order valence-corrected chi connectivity index (χ2v) is 8.99. The fourth-order valence-corrected chi connectivity index (χ4v) is 5.02. The predicted molar refractivity (Wildman–Crippen MR) is 124 cm³/mol. The van der Waals surface area contributed by atoms with Crippen LogP contribution in [0.3, 0.4) is 0 Å². The highest BCUT2D eigenvalue weighted by molar-refractivity contribution is 5.78. The van der Waals surface area contributed by atoms with Gasteiger partial charge in [0.25, 0.3) is 0 Å². The van der Waals surface area contributed by atoms with Gasteiger partial charge >= 0.3 is 12.0 Å². The number of rotatable bonds is 8. The Bertz CT molecular complexity index is 1060. The van der Waals surface area contributed by atoms with E-state index in [1.165, 1.54) is 5.56 Å². The van der Waals surface area contributed by atoms with Gasteiger partial charge in [0, 0.05) is 38.3 Å². The minimum absolute atomic E-state index is 0.0947. The molecule has 0 aliphatic carbocycles. The molecular formula is C25H30N4O4.